The molecule has 0 saturated heterocycles. The molecule has 1 heterocycles. The molecule has 1 N–H and O–H groups in total. The number of aryl methyl sites for hydroxylation is 1. The molecule has 1 amide bonds. The molecule has 0 radical (unpaired) electrons. The van der Waals surface area contributed by atoms with Gasteiger partial charge in [-0.2, -0.15) is 0 Å². The van der Waals surface area contributed by atoms with Crippen LogP contribution in [0.2, 0.25) is 0 Å². The largest absolute Gasteiger partial charge is 0.349 e. The number of carbonyl (C=O) groups is 1. The van der Waals surface area contributed by atoms with E-state index in [9.17, 15) is 9.18 Å². The molecule has 2 aromatic carbocycles. The quantitative estimate of drug-likeness (QED) is 0.673. The summed E-state index contributed by atoms with van der Waals surface area (Å²) in [6.45, 7) is 3.88. The predicted molar refractivity (Wildman–Crippen MR) is 99.8 cm³/mol. The maximum absolute atomic E-state index is 13.0. The molecule has 5 nitrogen and oxygen atoms in total. The topological polar surface area (TPSA) is 59.8 Å². The van der Waals surface area contributed by atoms with E-state index in [2.05, 4.69) is 15.5 Å². The summed E-state index contributed by atoms with van der Waals surface area (Å²) in [5, 5.41) is 11.6. The summed E-state index contributed by atoms with van der Waals surface area (Å²) in [6.07, 6.45) is 1.64. The van der Waals surface area contributed by atoms with Gasteiger partial charge < -0.3 is 5.32 Å². The van der Waals surface area contributed by atoms with Gasteiger partial charge in [-0.15, -0.1) is 10.2 Å². The number of halogens is 1. The van der Waals surface area contributed by atoms with E-state index in [1.54, 1.807) is 18.5 Å². The third kappa shape index (κ3) is 4.29. The van der Waals surface area contributed by atoms with Crippen molar-refractivity contribution in [3.63, 3.8) is 0 Å². The van der Waals surface area contributed by atoms with E-state index in [1.807, 2.05) is 42.7 Å². The molecule has 1 aromatic heterocycles. The standard InChI is InChI=1S/C19H19FN4OS/c1-13-5-3-4-6-17(13)24-12-21-23-19(24)26-11-18(25)22-14(2)15-7-9-16(20)10-8-15/h3-10,12,14H,11H2,1-2H3,(H,22,25). The zero-order chi connectivity index (χ0) is 18.5. The first kappa shape index (κ1) is 18.1. The first-order chi connectivity index (χ1) is 12.5. The van der Waals surface area contributed by atoms with Gasteiger partial charge in [0.1, 0.15) is 12.1 Å². The Hall–Kier alpha value is -2.67. The lowest BCUT2D eigenvalue weighted by atomic mass is 10.1. The fourth-order valence-corrected chi connectivity index (χ4v) is 3.30. The van der Waals surface area contributed by atoms with Crippen LogP contribution in [-0.4, -0.2) is 26.4 Å². The van der Waals surface area contributed by atoms with Gasteiger partial charge in [0, 0.05) is 0 Å². The second-order valence-corrected chi connectivity index (χ2v) is 6.84. The molecular formula is C19H19FN4OS. The third-order valence-electron chi connectivity index (χ3n) is 3.97. The maximum atomic E-state index is 13.0. The van der Waals surface area contributed by atoms with Crippen LogP contribution in [0.3, 0.4) is 0 Å². The van der Waals surface area contributed by atoms with Crippen LogP contribution in [0.15, 0.2) is 60.0 Å². The zero-order valence-corrected chi connectivity index (χ0v) is 15.3. The van der Waals surface area contributed by atoms with Crippen LogP contribution in [0, 0.1) is 12.7 Å². The van der Waals surface area contributed by atoms with E-state index in [0.29, 0.717) is 5.16 Å². The highest BCUT2D eigenvalue weighted by Gasteiger charge is 2.13. The van der Waals surface area contributed by atoms with Gasteiger partial charge in [-0.3, -0.25) is 9.36 Å². The van der Waals surface area contributed by atoms with E-state index in [-0.39, 0.29) is 23.5 Å². The number of aromatic nitrogens is 3. The Morgan fingerprint density at radius 1 is 1.23 bits per heavy atom. The van der Waals surface area contributed by atoms with Crippen LogP contribution in [0.25, 0.3) is 5.69 Å². The second kappa shape index (κ2) is 8.14. The van der Waals surface area contributed by atoms with E-state index in [4.69, 9.17) is 0 Å². The number of hydrogen-bond donors (Lipinski definition) is 1. The van der Waals surface area contributed by atoms with Gasteiger partial charge in [0.15, 0.2) is 5.16 Å². The van der Waals surface area contributed by atoms with Crippen molar-refractivity contribution in [3.8, 4) is 5.69 Å². The van der Waals surface area contributed by atoms with Crippen LogP contribution < -0.4 is 5.32 Å². The number of rotatable bonds is 6. The fourth-order valence-electron chi connectivity index (χ4n) is 2.57. The second-order valence-electron chi connectivity index (χ2n) is 5.90. The van der Waals surface area contributed by atoms with E-state index >= 15 is 0 Å². The Labute approximate surface area is 155 Å². The van der Waals surface area contributed by atoms with Crippen LogP contribution in [-0.2, 0) is 4.79 Å². The lowest BCUT2D eigenvalue weighted by Crippen LogP contribution is -2.28. The van der Waals surface area contributed by atoms with Crippen molar-refractivity contribution in [1.29, 1.82) is 0 Å². The Kier molecular flexibility index (Phi) is 5.68. The van der Waals surface area contributed by atoms with Crippen LogP contribution in [0.4, 0.5) is 4.39 Å². The number of benzene rings is 2. The number of carbonyl (C=O) groups excluding carboxylic acids is 1. The Morgan fingerprint density at radius 2 is 1.96 bits per heavy atom. The normalized spacial score (nSPS) is 12.0. The van der Waals surface area contributed by atoms with Crippen molar-refractivity contribution in [1.82, 2.24) is 20.1 Å². The summed E-state index contributed by atoms with van der Waals surface area (Å²) in [7, 11) is 0. The number of nitrogens with zero attached hydrogens (tertiary/aromatic N) is 3. The number of nitrogens with one attached hydrogen (secondary N) is 1. The Balaban J connectivity index is 1.61. The number of thioether (sulfide) groups is 1. The molecule has 1 atom stereocenters. The van der Waals surface area contributed by atoms with Gasteiger partial charge in [-0.25, -0.2) is 4.39 Å². The highest BCUT2D eigenvalue weighted by molar-refractivity contribution is 7.99. The highest BCUT2D eigenvalue weighted by atomic mass is 32.2. The van der Waals surface area contributed by atoms with Crippen molar-refractivity contribution in [2.75, 3.05) is 5.75 Å². The molecule has 3 rings (SSSR count). The summed E-state index contributed by atoms with van der Waals surface area (Å²) < 4.78 is 14.9. The average molecular weight is 370 g/mol. The lowest BCUT2D eigenvalue weighted by molar-refractivity contribution is -0.119. The number of hydrogen-bond acceptors (Lipinski definition) is 4. The summed E-state index contributed by atoms with van der Waals surface area (Å²) in [5.41, 5.74) is 2.94. The molecule has 0 aliphatic heterocycles. The Bertz CT molecular complexity index is 895. The highest BCUT2D eigenvalue weighted by Crippen LogP contribution is 2.22. The number of amides is 1. The maximum Gasteiger partial charge on any atom is 0.230 e. The van der Waals surface area contributed by atoms with Crippen molar-refractivity contribution in [2.45, 2.75) is 25.0 Å². The van der Waals surface area contributed by atoms with Crippen molar-refractivity contribution in [3.05, 3.63) is 71.8 Å². The minimum Gasteiger partial charge on any atom is -0.349 e. The first-order valence-electron chi connectivity index (χ1n) is 8.18. The summed E-state index contributed by atoms with van der Waals surface area (Å²) in [4.78, 5) is 12.2. The summed E-state index contributed by atoms with van der Waals surface area (Å²) >= 11 is 1.32. The lowest BCUT2D eigenvalue weighted by Gasteiger charge is -2.14. The van der Waals surface area contributed by atoms with Crippen LogP contribution >= 0.6 is 11.8 Å². The Morgan fingerprint density at radius 3 is 2.69 bits per heavy atom. The summed E-state index contributed by atoms with van der Waals surface area (Å²) in [5.74, 6) is -0.194. The van der Waals surface area contributed by atoms with Gasteiger partial charge in [0.05, 0.1) is 17.5 Å². The van der Waals surface area contributed by atoms with E-state index in [1.165, 1.54) is 23.9 Å². The van der Waals surface area contributed by atoms with Crippen molar-refractivity contribution in [2.24, 2.45) is 0 Å². The predicted octanol–water partition coefficient (Wildman–Crippen LogP) is 3.68. The smallest absolute Gasteiger partial charge is 0.230 e. The molecule has 26 heavy (non-hydrogen) atoms. The minimum atomic E-state index is -0.293. The van der Waals surface area contributed by atoms with Gasteiger partial charge >= 0.3 is 0 Å². The van der Waals surface area contributed by atoms with Crippen LogP contribution in [0.1, 0.15) is 24.1 Å². The van der Waals surface area contributed by atoms with Crippen molar-refractivity contribution < 1.29 is 9.18 Å². The van der Waals surface area contributed by atoms with Gasteiger partial charge in [-0.05, 0) is 43.2 Å². The summed E-state index contributed by atoms with van der Waals surface area (Å²) in [6, 6.07) is 13.8. The van der Waals surface area contributed by atoms with E-state index in [0.717, 1.165) is 16.8 Å². The minimum absolute atomic E-state index is 0.119. The van der Waals surface area contributed by atoms with Crippen LogP contribution in [0.5, 0.6) is 0 Å². The van der Waals surface area contributed by atoms with Gasteiger partial charge in [0.25, 0.3) is 0 Å². The first-order valence-corrected chi connectivity index (χ1v) is 9.17. The van der Waals surface area contributed by atoms with E-state index < -0.39 is 0 Å². The molecule has 0 aliphatic rings. The molecule has 0 bridgehead atoms. The fraction of sp³-hybridized carbons (Fsp3) is 0.211. The molecule has 134 valence electrons. The molecule has 3 aromatic rings. The number of para-hydroxylation sites is 1. The monoisotopic (exact) mass is 370 g/mol. The molecule has 7 heteroatoms. The molecule has 0 fully saturated rings. The SMILES string of the molecule is Cc1ccccc1-n1cnnc1SCC(=O)NC(C)c1ccc(F)cc1. The third-order valence-corrected chi connectivity index (χ3v) is 4.91. The molecular weight excluding hydrogens is 351 g/mol. The molecule has 0 spiro atoms. The van der Waals surface area contributed by atoms with Gasteiger partial charge in [-0.1, -0.05) is 42.1 Å². The molecule has 0 saturated carbocycles. The molecule has 0 aliphatic carbocycles. The van der Waals surface area contributed by atoms with Crippen molar-refractivity contribution >= 4 is 17.7 Å². The zero-order valence-electron chi connectivity index (χ0n) is 14.5. The average Bonchev–Trinajstić information content (AvgIpc) is 3.09. The van der Waals surface area contributed by atoms with Gasteiger partial charge in [0.2, 0.25) is 5.91 Å². The molecule has 1 unspecified atom stereocenters.